The fraction of sp³-hybridized carbons (Fsp3) is 1.00. The quantitative estimate of drug-likeness (QED) is 0.715. The number of hydrogen-bond donors (Lipinski definition) is 1. The summed E-state index contributed by atoms with van der Waals surface area (Å²) in [5.41, 5.74) is 0. The zero-order valence-corrected chi connectivity index (χ0v) is 10.7. The third-order valence-electron chi connectivity index (χ3n) is 2.69. The van der Waals surface area contributed by atoms with E-state index in [0.717, 1.165) is 0 Å². The summed E-state index contributed by atoms with van der Waals surface area (Å²) < 4.78 is 13.4. The van der Waals surface area contributed by atoms with Crippen LogP contribution < -0.4 is 0 Å². The lowest BCUT2D eigenvalue weighted by Crippen LogP contribution is -2.41. The molecule has 0 amide bonds. The van der Waals surface area contributed by atoms with Crippen LogP contribution in [0.25, 0.3) is 0 Å². The summed E-state index contributed by atoms with van der Waals surface area (Å²) in [5.74, 6) is 0. The molecule has 0 aromatic heterocycles. The van der Waals surface area contributed by atoms with E-state index in [9.17, 15) is 0 Å². The van der Waals surface area contributed by atoms with E-state index in [1.54, 1.807) is 6.92 Å². The van der Waals surface area contributed by atoms with Gasteiger partial charge in [0, 0.05) is 7.98 Å². The lowest BCUT2D eigenvalue weighted by Gasteiger charge is -2.36. The highest BCUT2D eigenvalue weighted by atomic mass is 28.4. The number of aliphatic hydroxyl groups excluding tert-OH is 1. The van der Waals surface area contributed by atoms with Gasteiger partial charge < -0.3 is 9.53 Å². The van der Waals surface area contributed by atoms with E-state index >= 15 is 0 Å². The van der Waals surface area contributed by atoms with Crippen molar-refractivity contribution in [1.29, 1.82) is 0 Å². The third kappa shape index (κ3) is 4.79. The fourth-order valence-corrected chi connectivity index (χ4v) is 1.56. The van der Waals surface area contributed by atoms with Gasteiger partial charge in [-0.05, 0) is 31.5 Å². The van der Waals surface area contributed by atoms with Gasteiger partial charge in [0.2, 0.25) is 0 Å². The van der Waals surface area contributed by atoms with Crippen molar-refractivity contribution in [3.05, 3.63) is 0 Å². The maximum absolute atomic E-state index is 9.17. The molecule has 0 saturated carbocycles. The van der Waals surface area contributed by atoms with E-state index in [1.807, 2.05) is 0 Å². The summed E-state index contributed by atoms with van der Waals surface area (Å²) in [4.78, 5) is 0. The average molecular weight is 205 g/mol. The molecule has 0 aliphatic heterocycles. The van der Waals surface area contributed by atoms with Crippen LogP contribution >= 0.6 is 0 Å². The van der Waals surface area contributed by atoms with Gasteiger partial charge in [0.05, 0.1) is 6.10 Å². The smallest absolute Gasteiger partial charge is 0.191 e. The fourth-order valence-electron chi connectivity index (χ4n) is 0.612. The van der Waals surface area contributed by atoms with Crippen molar-refractivity contribution in [1.82, 2.24) is 0 Å². The Labute approximate surface area is 84.8 Å². The van der Waals surface area contributed by atoms with Crippen LogP contribution in [0.1, 0.15) is 35.5 Å². The predicted octanol–water partition coefficient (Wildman–Crippen LogP) is 2.78. The molecule has 0 fully saturated rings. The Bertz CT molecular complexity index is 175. The molecule has 0 aliphatic carbocycles. The van der Waals surface area contributed by atoms with Crippen molar-refractivity contribution in [2.75, 3.05) is 6.61 Å². The van der Waals surface area contributed by atoms with E-state index in [4.69, 9.17) is 10.9 Å². The molecule has 2 nitrogen and oxygen atoms in total. The molecule has 1 N–H and O–H groups in total. The van der Waals surface area contributed by atoms with Gasteiger partial charge in [0.1, 0.15) is 0 Å². The number of aliphatic hydroxyl groups is 1. The van der Waals surface area contributed by atoms with Crippen LogP contribution in [-0.2, 0) is 4.43 Å². The van der Waals surface area contributed by atoms with Crippen molar-refractivity contribution in [2.45, 2.75) is 58.3 Å². The van der Waals surface area contributed by atoms with Gasteiger partial charge in [-0.25, -0.2) is 0 Å². The molecule has 0 radical (unpaired) electrons. The Morgan fingerprint density at radius 3 is 2.23 bits per heavy atom. The molecule has 0 aliphatic rings. The van der Waals surface area contributed by atoms with Gasteiger partial charge in [-0.15, -0.1) is 0 Å². The first-order chi connectivity index (χ1) is 6.08. The summed E-state index contributed by atoms with van der Waals surface area (Å²) in [6.45, 7) is 12.8. The molecule has 0 aromatic carbocycles. The van der Waals surface area contributed by atoms with Crippen molar-refractivity contribution in [2.24, 2.45) is 0 Å². The molecule has 3 heteroatoms. The van der Waals surface area contributed by atoms with E-state index in [-0.39, 0.29) is 5.04 Å². The maximum atomic E-state index is 9.17. The van der Waals surface area contributed by atoms with E-state index in [2.05, 4.69) is 33.9 Å². The molecule has 80 valence electrons. The van der Waals surface area contributed by atoms with Gasteiger partial charge in [0.15, 0.2) is 8.32 Å². The first-order valence-corrected chi connectivity index (χ1v) is 7.73. The molecule has 0 unspecified atom stereocenters. The van der Waals surface area contributed by atoms with Gasteiger partial charge in [0.25, 0.3) is 0 Å². The van der Waals surface area contributed by atoms with Crippen LogP contribution in [0, 0.1) is 0 Å². The zero-order valence-electron chi connectivity index (χ0n) is 10.7. The highest BCUT2D eigenvalue weighted by Gasteiger charge is 2.36. The molecule has 0 saturated heterocycles. The van der Waals surface area contributed by atoms with Crippen LogP contribution in [0.4, 0.5) is 0 Å². The minimum atomic E-state index is -1.74. The third-order valence-corrected chi connectivity index (χ3v) is 7.19. The van der Waals surface area contributed by atoms with Crippen molar-refractivity contribution < 1.29 is 10.9 Å². The topological polar surface area (TPSA) is 29.5 Å². The van der Waals surface area contributed by atoms with Crippen molar-refractivity contribution in [3.63, 3.8) is 0 Å². The summed E-state index contributed by atoms with van der Waals surface area (Å²) in [5, 5.41) is 9.34. The Morgan fingerprint density at radius 2 is 1.92 bits per heavy atom. The van der Waals surface area contributed by atoms with Crippen LogP contribution in [0.15, 0.2) is 0 Å². The van der Waals surface area contributed by atoms with E-state index in [0.29, 0.717) is 6.61 Å². The van der Waals surface area contributed by atoms with Gasteiger partial charge in [-0.2, -0.15) is 0 Å². The van der Waals surface area contributed by atoms with E-state index < -0.39 is 20.8 Å². The van der Waals surface area contributed by atoms with E-state index in [1.165, 1.54) is 0 Å². The van der Waals surface area contributed by atoms with Crippen molar-refractivity contribution in [3.8, 4) is 0 Å². The summed E-state index contributed by atoms with van der Waals surface area (Å²) >= 11 is 0. The molecule has 0 heterocycles. The lowest BCUT2D eigenvalue weighted by molar-refractivity contribution is 0.150. The zero-order chi connectivity index (χ0) is 11.6. The second-order valence-corrected chi connectivity index (χ2v) is 9.86. The molecule has 0 aromatic rings. The SMILES string of the molecule is [2H][C@H](CO[Si](C)(C)C(C)(C)C)[C@H](C)O. The minimum Gasteiger partial charge on any atom is -0.417 e. The van der Waals surface area contributed by atoms with Crippen LogP contribution in [-0.4, -0.2) is 26.1 Å². The van der Waals surface area contributed by atoms with Crippen LogP contribution in [0.3, 0.4) is 0 Å². The molecule has 13 heavy (non-hydrogen) atoms. The Hall–Kier alpha value is 0.137. The highest BCUT2D eigenvalue weighted by molar-refractivity contribution is 6.74. The monoisotopic (exact) mass is 205 g/mol. The minimum absolute atomic E-state index is 0.172. The molecule has 0 rings (SSSR count). The molecule has 0 bridgehead atoms. The second kappa shape index (κ2) is 4.58. The Balaban J connectivity index is 4.13. The predicted molar refractivity (Wildman–Crippen MR) is 59.4 cm³/mol. The summed E-state index contributed by atoms with van der Waals surface area (Å²) in [7, 11) is -1.74. The first kappa shape index (κ1) is 11.2. The van der Waals surface area contributed by atoms with Gasteiger partial charge in [-0.3, -0.25) is 0 Å². The van der Waals surface area contributed by atoms with Crippen LogP contribution in [0.5, 0.6) is 0 Å². The Morgan fingerprint density at radius 1 is 1.46 bits per heavy atom. The molecule has 0 spiro atoms. The number of hydrogen-bond acceptors (Lipinski definition) is 2. The first-order valence-electron chi connectivity index (χ1n) is 5.40. The van der Waals surface area contributed by atoms with Crippen molar-refractivity contribution >= 4 is 8.32 Å². The average Bonchev–Trinajstić information content (AvgIpc) is 1.97. The normalized spacial score (nSPS) is 19.5. The molecular formula is C10H24O2Si. The second-order valence-electron chi connectivity index (χ2n) is 5.05. The van der Waals surface area contributed by atoms with Gasteiger partial charge in [-0.1, -0.05) is 20.8 Å². The summed E-state index contributed by atoms with van der Waals surface area (Å²) in [6, 6.07) is 0. The lowest BCUT2D eigenvalue weighted by atomic mass is 10.2. The molecular weight excluding hydrogens is 180 g/mol. The largest absolute Gasteiger partial charge is 0.417 e. The highest BCUT2D eigenvalue weighted by Crippen LogP contribution is 2.36. The van der Waals surface area contributed by atoms with Gasteiger partial charge >= 0.3 is 0 Å². The molecule has 2 atom stereocenters. The Kier molecular flexibility index (Phi) is 3.95. The summed E-state index contributed by atoms with van der Waals surface area (Å²) in [6.07, 6.45) is -1.14. The van der Waals surface area contributed by atoms with Crippen LogP contribution in [0.2, 0.25) is 18.1 Å². The number of rotatable bonds is 4. The standard InChI is InChI=1S/C10H24O2Si/c1-9(11)7-8-12-13(5,6)10(2,3)4/h9,11H,7-8H2,1-6H3/t9-/m0/s1/i7D/t7-,9+/m1. The maximum Gasteiger partial charge on any atom is 0.191 e.